The normalized spacial score (nSPS) is 19.2. The summed E-state index contributed by atoms with van der Waals surface area (Å²) >= 11 is 1.19. The van der Waals surface area contributed by atoms with Crippen molar-refractivity contribution in [1.29, 1.82) is 0 Å². The van der Waals surface area contributed by atoms with Gasteiger partial charge in [0.05, 0.1) is 11.7 Å². The van der Waals surface area contributed by atoms with Crippen LogP contribution in [0.2, 0.25) is 0 Å². The van der Waals surface area contributed by atoms with Crippen molar-refractivity contribution in [3.8, 4) is 0 Å². The summed E-state index contributed by atoms with van der Waals surface area (Å²) < 4.78 is 5.73. The Labute approximate surface area is 120 Å². The zero-order chi connectivity index (χ0) is 13.9. The van der Waals surface area contributed by atoms with Crippen molar-refractivity contribution >= 4 is 17.4 Å². The second kappa shape index (κ2) is 5.66. The van der Waals surface area contributed by atoms with Gasteiger partial charge >= 0.3 is 0 Å². The first-order valence-corrected chi connectivity index (χ1v) is 7.51. The fourth-order valence-corrected chi connectivity index (χ4v) is 3.23. The molecule has 1 aliphatic rings. The maximum absolute atomic E-state index is 12.6. The first-order valence-electron chi connectivity index (χ1n) is 6.74. The van der Waals surface area contributed by atoms with E-state index in [2.05, 4.69) is 19.7 Å². The van der Waals surface area contributed by atoms with E-state index in [1.807, 2.05) is 16.5 Å². The Bertz CT molecular complexity index is 581. The Morgan fingerprint density at radius 3 is 3.20 bits per heavy atom. The van der Waals surface area contributed by atoms with E-state index in [0.717, 1.165) is 31.5 Å². The number of piperidine rings is 1. The minimum absolute atomic E-state index is 0.0432. The fraction of sp³-hybridized carbons (Fsp3) is 0.583. The Balaban J connectivity index is 1.75. The zero-order valence-corrected chi connectivity index (χ0v) is 12.1. The van der Waals surface area contributed by atoms with Gasteiger partial charge in [-0.15, -0.1) is 5.10 Å². The maximum atomic E-state index is 12.6. The molecule has 0 unspecified atom stereocenters. The van der Waals surface area contributed by atoms with Crippen LogP contribution in [0.5, 0.6) is 0 Å². The Kier molecular flexibility index (Phi) is 3.72. The highest BCUT2D eigenvalue weighted by Gasteiger charge is 2.28. The van der Waals surface area contributed by atoms with Gasteiger partial charge in [-0.05, 0) is 30.8 Å². The third-order valence-corrected chi connectivity index (χ3v) is 4.34. The molecule has 7 nitrogen and oxygen atoms in total. The Morgan fingerprint density at radius 2 is 2.45 bits per heavy atom. The first kappa shape index (κ1) is 13.2. The predicted molar refractivity (Wildman–Crippen MR) is 73.5 cm³/mol. The Hall–Kier alpha value is -1.83. The molecule has 1 atom stereocenters. The van der Waals surface area contributed by atoms with Gasteiger partial charge in [0.1, 0.15) is 17.5 Å². The molecule has 0 spiro atoms. The third kappa shape index (κ3) is 2.43. The van der Waals surface area contributed by atoms with Crippen molar-refractivity contribution in [2.45, 2.75) is 32.2 Å². The van der Waals surface area contributed by atoms with Crippen LogP contribution in [0.3, 0.4) is 0 Å². The van der Waals surface area contributed by atoms with Crippen molar-refractivity contribution in [2.24, 2.45) is 0 Å². The summed E-state index contributed by atoms with van der Waals surface area (Å²) in [5.41, 5.74) is 0.794. The number of nitrogens with zero attached hydrogens (tertiary/aromatic N) is 6. The van der Waals surface area contributed by atoms with E-state index >= 15 is 0 Å². The van der Waals surface area contributed by atoms with Crippen molar-refractivity contribution < 1.29 is 4.79 Å². The fourth-order valence-electron chi connectivity index (χ4n) is 2.51. The summed E-state index contributed by atoms with van der Waals surface area (Å²) in [6.45, 7) is 3.44. The van der Waals surface area contributed by atoms with Crippen LogP contribution in [0, 0.1) is 0 Å². The van der Waals surface area contributed by atoms with E-state index in [-0.39, 0.29) is 11.9 Å². The van der Waals surface area contributed by atoms with Crippen LogP contribution >= 0.6 is 11.5 Å². The molecule has 3 heterocycles. The standard InChI is InChI=1S/C12H16N6OS/c1-2-10-11(20-16-15-10)12(19)17-5-3-4-9(6-17)18-8-13-7-14-18/h7-9H,2-6H2,1H3/t9-/m1/s1. The van der Waals surface area contributed by atoms with E-state index in [1.165, 1.54) is 17.9 Å². The third-order valence-electron chi connectivity index (χ3n) is 3.58. The van der Waals surface area contributed by atoms with Crippen molar-refractivity contribution in [2.75, 3.05) is 13.1 Å². The number of aromatic nitrogens is 5. The molecule has 0 radical (unpaired) electrons. The molecule has 0 saturated carbocycles. The summed E-state index contributed by atoms with van der Waals surface area (Å²) in [5, 5.41) is 8.19. The predicted octanol–water partition coefficient (Wildman–Crippen LogP) is 1.17. The van der Waals surface area contributed by atoms with Gasteiger partial charge in [0.15, 0.2) is 0 Å². The molecule has 1 amide bonds. The van der Waals surface area contributed by atoms with E-state index < -0.39 is 0 Å². The Morgan fingerprint density at radius 1 is 1.55 bits per heavy atom. The second-order valence-corrected chi connectivity index (χ2v) is 5.58. The lowest BCUT2D eigenvalue weighted by Crippen LogP contribution is -2.40. The summed E-state index contributed by atoms with van der Waals surface area (Å²) in [7, 11) is 0. The topological polar surface area (TPSA) is 76.8 Å². The number of rotatable bonds is 3. The van der Waals surface area contributed by atoms with Gasteiger partial charge in [-0.25, -0.2) is 9.67 Å². The van der Waals surface area contributed by atoms with Crippen molar-refractivity contribution in [3.63, 3.8) is 0 Å². The molecule has 3 rings (SSSR count). The van der Waals surface area contributed by atoms with E-state index in [0.29, 0.717) is 11.4 Å². The molecule has 0 aromatic carbocycles. The number of hydrogen-bond acceptors (Lipinski definition) is 6. The highest BCUT2D eigenvalue weighted by molar-refractivity contribution is 7.08. The van der Waals surface area contributed by atoms with Crippen LogP contribution in [0.1, 0.15) is 41.2 Å². The van der Waals surface area contributed by atoms with Crippen LogP contribution < -0.4 is 0 Å². The van der Waals surface area contributed by atoms with Gasteiger partial charge in [0.2, 0.25) is 0 Å². The highest BCUT2D eigenvalue weighted by Crippen LogP contribution is 2.23. The minimum Gasteiger partial charge on any atom is -0.336 e. The van der Waals surface area contributed by atoms with Crippen LogP contribution in [-0.2, 0) is 6.42 Å². The summed E-state index contributed by atoms with van der Waals surface area (Å²) in [6, 6.07) is 0.209. The summed E-state index contributed by atoms with van der Waals surface area (Å²) in [6.07, 6.45) is 5.98. The lowest BCUT2D eigenvalue weighted by atomic mass is 10.1. The largest absolute Gasteiger partial charge is 0.336 e. The molecule has 1 saturated heterocycles. The molecular weight excluding hydrogens is 276 g/mol. The van der Waals surface area contributed by atoms with Crippen LogP contribution in [0.15, 0.2) is 12.7 Å². The van der Waals surface area contributed by atoms with Crippen LogP contribution in [-0.4, -0.2) is 48.2 Å². The SMILES string of the molecule is CCc1nnsc1C(=O)N1CCC[C@@H](n2cncn2)C1. The molecule has 1 aliphatic heterocycles. The molecule has 8 heteroatoms. The molecule has 0 N–H and O–H groups in total. The molecule has 106 valence electrons. The lowest BCUT2D eigenvalue weighted by molar-refractivity contribution is 0.0676. The molecule has 20 heavy (non-hydrogen) atoms. The summed E-state index contributed by atoms with van der Waals surface area (Å²) in [5.74, 6) is 0.0432. The van der Waals surface area contributed by atoms with Crippen LogP contribution in [0.25, 0.3) is 0 Å². The van der Waals surface area contributed by atoms with E-state index in [1.54, 1.807) is 6.33 Å². The van der Waals surface area contributed by atoms with Crippen molar-refractivity contribution in [1.82, 2.24) is 29.3 Å². The van der Waals surface area contributed by atoms with Gasteiger partial charge in [-0.3, -0.25) is 4.79 Å². The molecule has 0 bridgehead atoms. The van der Waals surface area contributed by atoms with Crippen LogP contribution in [0.4, 0.5) is 0 Å². The quantitative estimate of drug-likeness (QED) is 0.848. The monoisotopic (exact) mass is 292 g/mol. The number of likely N-dealkylation sites (tertiary alicyclic amines) is 1. The molecule has 0 aliphatic carbocycles. The summed E-state index contributed by atoms with van der Waals surface area (Å²) in [4.78, 5) is 19.1. The lowest BCUT2D eigenvalue weighted by Gasteiger charge is -2.32. The number of aryl methyl sites for hydroxylation is 1. The van der Waals surface area contributed by atoms with Gasteiger partial charge in [-0.2, -0.15) is 5.10 Å². The van der Waals surface area contributed by atoms with E-state index in [4.69, 9.17) is 0 Å². The van der Waals surface area contributed by atoms with Gasteiger partial charge in [-0.1, -0.05) is 11.4 Å². The molecule has 1 fully saturated rings. The highest BCUT2D eigenvalue weighted by atomic mass is 32.1. The maximum Gasteiger partial charge on any atom is 0.267 e. The minimum atomic E-state index is 0.0432. The average molecular weight is 292 g/mol. The first-order chi connectivity index (χ1) is 9.79. The van der Waals surface area contributed by atoms with Gasteiger partial charge < -0.3 is 4.90 Å². The van der Waals surface area contributed by atoms with E-state index in [9.17, 15) is 4.79 Å². The number of carbonyl (C=O) groups is 1. The van der Waals surface area contributed by atoms with Gasteiger partial charge in [0.25, 0.3) is 5.91 Å². The number of hydrogen-bond donors (Lipinski definition) is 0. The molecule has 2 aromatic rings. The van der Waals surface area contributed by atoms with Crippen molar-refractivity contribution in [3.05, 3.63) is 23.2 Å². The van der Waals surface area contributed by atoms with Gasteiger partial charge in [0, 0.05) is 13.1 Å². The number of carbonyl (C=O) groups excluding carboxylic acids is 1. The zero-order valence-electron chi connectivity index (χ0n) is 11.3. The average Bonchev–Trinajstić information content (AvgIpc) is 3.17. The molecular formula is C12H16N6OS. The smallest absolute Gasteiger partial charge is 0.267 e. The molecule has 2 aromatic heterocycles. The number of amides is 1. The second-order valence-electron chi connectivity index (χ2n) is 4.83.